The van der Waals surface area contributed by atoms with Crippen molar-refractivity contribution in [2.75, 3.05) is 18.2 Å². The van der Waals surface area contributed by atoms with Gasteiger partial charge in [0.1, 0.15) is 17.5 Å². The number of sulfone groups is 1. The first-order valence-electron chi connectivity index (χ1n) is 9.82. The summed E-state index contributed by atoms with van der Waals surface area (Å²) in [5.74, 6) is -1.78. The maximum atomic E-state index is 13.1. The van der Waals surface area contributed by atoms with Crippen molar-refractivity contribution in [2.45, 2.75) is 12.1 Å². The lowest BCUT2D eigenvalue weighted by atomic mass is 10.1. The van der Waals surface area contributed by atoms with Crippen LogP contribution in [0.2, 0.25) is 0 Å². The number of amides is 1. The normalized spacial score (nSPS) is 11.4. The van der Waals surface area contributed by atoms with Gasteiger partial charge in [-0.1, -0.05) is 6.07 Å². The van der Waals surface area contributed by atoms with Gasteiger partial charge >= 0.3 is 5.97 Å². The monoisotopic (exact) mass is 516 g/mol. The van der Waals surface area contributed by atoms with Gasteiger partial charge in [-0.05, 0) is 55.0 Å². The number of carbonyl (C=O) groups is 2. The van der Waals surface area contributed by atoms with Crippen molar-refractivity contribution in [2.24, 2.45) is 0 Å². The van der Waals surface area contributed by atoms with Crippen molar-refractivity contribution in [1.82, 2.24) is 9.36 Å². The predicted molar refractivity (Wildman–Crippen MR) is 124 cm³/mol. The Morgan fingerprint density at radius 3 is 2.51 bits per heavy atom. The largest absolute Gasteiger partial charge is 0.490 e. The highest BCUT2D eigenvalue weighted by Gasteiger charge is 2.18. The molecule has 0 bridgehead atoms. The van der Waals surface area contributed by atoms with Crippen LogP contribution in [-0.2, 0) is 14.6 Å². The van der Waals surface area contributed by atoms with Crippen LogP contribution in [0.3, 0.4) is 0 Å². The topological polar surface area (TPSA) is 148 Å². The number of aromatic nitrogens is 2. The van der Waals surface area contributed by atoms with E-state index in [2.05, 4.69) is 14.7 Å². The third kappa shape index (κ3) is 6.69. The molecule has 13 heteroatoms. The smallest absolute Gasteiger partial charge is 0.343 e. The number of nitrogens with one attached hydrogen (secondary N) is 1. The Morgan fingerprint density at radius 2 is 1.91 bits per heavy atom. The van der Waals surface area contributed by atoms with Crippen LogP contribution in [0.5, 0.6) is 11.5 Å². The van der Waals surface area contributed by atoms with Gasteiger partial charge in [-0.3, -0.25) is 10.1 Å². The number of nitrogens with zero attached hydrogens (tertiary/aromatic N) is 3. The van der Waals surface area contributed by atoms with Gasteiger partial charge in [0.2, 0.25) is 15.0 Å². The van der Waals surface area contributed by atoms with Crippen molar-refractivity contribution < 1.29 is 31.9 Å². The van der Waals surface area contributed by atoms with E-state index < -0.39 is 32.7 Å². The van der Waals surface area contributed by atoms with E-state index in [4.69, 9.17) is 9.47 Å². The molecule has 0 atom stereocenters. The minimum absolute atomic E-state index is 0.0865. The molecule has 35 heavy (non-hydrogen) atoms. The Balaban J connectivity index is 1.81. The second-order valence-corrected chi connectivity index (χ2v) is 9.48. The van der Waals surface area contributed by atoms with Crippen LogP contribution in [-0.4, -0.2) is 42.5 Å². The van der Waals surface area contributed by atoms with E-state index >= 15 is 0 Å². The molecular formula is C22H17FN4O6S2. The fraction of sp³-hybridized carbons (Fsp3) is 0.136. The molecule has 3 aromatic rings. The van der Waals surface area contributed by atoms with Crippen molar-refractivity contribution >= 4 is 44.5 Å². The van der Waals surface area contributed by atoms with E-state index in [1.807, 2.05) is 0 Å². The lowest BCUT2D eigenvalue weighted by Gasteiger charge is -2.11. The first-order valence-corrected chi connectivity index (χ1v) is 12.5. The maximum Gasteiger partial charge on any atom is 0.343 e. The van der Waals surface area contributed by atoms with Gasteiger partial charge in [-0.2, -0.15) is 14.6 Å². The van der Waals surface area contributed by atoms with Crippen LogP contribution in [0.4, 0.5) is 9.52 Å². The lowest BCUT2D eigenvalue weighted by Crippen LogP contribution is -2.13. The predicted octanol–water partition coefficient (Wildman–Crippen LogP) is 3.24. The summed E-state index contributed by atoms with van der Waals surface area (Å²) in [5, 5.41) is 11.2. The molecule has 0 fully saturated rings. The zero-order valence-electron chi connectivity index (χ0n) is 18.3. The van der Waals surface area contributed by atoms with Gasteiger partial charge < -0.3 is 9.47 Å². The number of nitriles is 1. The van der Waals surface area contributed by atoms with E-state index in [1.54, 1.807) is 13.0 Å². The summed E-state index contributed by atoms with van der Waals surface area (Å²) >= 11 is 0.656. The van der Waals surface area contributed by atoms with Crippen LogP contribution < -0.4 is 14.8 Å². The number of hydrogen-bond donors (Lipinski definition) is 1. The summed E-state index contributed by atoms with van der Waals surface area (Å²) in [5.41, 5.74) is 0.215. The second kappa shape index (κ2) is 10.9. The molecule has 180 valence electrons. The van der Waals surface area contributed by atoms with Crippen LogP contribution in [0.25, 0.3) is 6.08 Å². The molecule has 1 heterocycles. The Hall–Kier alpha value is -4.15. The summed E-state index contributed by atoms with van der Waals surface area (Å²) in [6, 6.07) is 11.0. The lowest BCUT2D eigenvalue weighted by molar-refractivity contribution is -0.112. The number of esters is 1. The number of halogens is 1. The van der Waals surface area contributed by atoms with E-state index in [0.29, 0.717) is 17.1 Å². The highest BCUT2D eigenvalue weighted by Crippen LogP contribution is 2.30. The zero-order valence-corrected chi connectivity index (χ0v) is 19.9. The molecule has 0 radical (unpaired) electrons. The molecule has 10 nitrogen and oxygen atoms in total. The first-order chi connectivity index (χ1) is 16.6. The van der Waals surface area contributed by atoms with Gasteiger partial charge in [0, 0.05) is 17.8 Å². The van der Waals surface area contributed by atoms with Crippen molar-refractivity contribution in [1.29, 1.82) is 5.26 Å². The number of rotatable bonds is 8. The Kier molecular flexibility index (Phi) is 7.90. The van der Waals surface area contributed by atoms with E-state index in [0.717, 1.165) is 18.4 Å². The molecule has 0 aliphatic heterocycles. The molecule has 2 aromatic carbocycles. The minimum Gasteiger partial charge on any atom is -0.490 e. The van der Waals surface area contributed by atoms with Gasteiger partial charge in [0.15, 0.2) is 11.5 Å². The van der Waals surface area contributed by atoms with Crippen molar-refractivity contribution in [3.8, 4) is 17.6 Å². The summed E-state index contributed by atoms with van der Waals surface area (Å²) < 4.78 is 50.6. The molecule has 1 N–H and O–H groups in total. The number of hydrogen-bond acceptors (Lipinski definition) is 10. The Morgan fingerprint density at radius 1 is 1.20 bits per heavy atom. The molecule has 0 unspecified atom stereocenters. The second-order valence-electron chi connectivity index (χ2n) is 6.81. The number of anilines is 1. The molecule has 0 spiro atoms. The Bertz CT molecular complexity index is 1440. The summed E-state index contributed by atoms with van der Waals surface area (Å²) in [6.07, 6.45) is 2.19. The maximum absolute atomic E-state index is 13.1. The summed E-state index contributed by atoms with van der Waals surface area (Å²) in [6.45, 7) is 1.95. The molecule has 1 aromatic heterocycles. The highest BCUT2D eigenvalue weighted by molar-refractivity contribution is 7.90. The standard InChI is InChI=1S/C22H17FN4O6S2/c1-3-32-18-11-13(4-9-17(18)33-20(29)14-5-7-16(23)8-6-14)10-15(12-24)19(28)25-21-26-22(27-34-21)35(2,30)31/h4-11H,3H2,1-2H3,(H,25,26,27,28)/b15-10-. The fourth-order valence-electron chi connectivity index (χ4n) is 2.60. The number of benzene rings is 2. The summed E-state index contributed by atoms with van der Waals surface area (Å²) in [4.78, 5) is 28.5. The first kappa shape index (κ1) is 25.5. The average molecular weight is 517 g/mol. The van der Waals surface area contributed by atoms with E-state index in [9.17, 15) is 27.7 Å². The van der Waals surface area contributed by atoms with Crippen LogP contribution >= 0.6 is 11.5 Å². The van der Waals surface area contributed by atoms with Gasteiger partial charge in [0.05, 0.1) is 12.2 Å². The fourth-order valence-corrected chi connectivity index (χ4v) is 4.04. The van der Waals surface area contributed by atoms with Gasteiger partial charge in [-0.15, -0.1) is 0 Å². The third-order valence-electron chi connectivity index (χ3n) is 4.19. The van der Waals surface area contributed by atoms with Crippen molar-refractivity contribution in [3.05, 3.63) is 65.0 Å². The van der Waals surface area contributed by atoms with Crippen LogP contribution in [0, 0.1) is 17.1 Å². The van der Waals surface area contributed by atoms with E-state index in [1.165, 1.54) is 36.4 Å². The quantitative estimate of drug-likeness (QED) is 0.206. The molecule has 1 amide bonds. The Labute approximate surface area is 203 Å². The SMILES string of the molecule is CCOc1cc(/C=C(/C#N)C(=O)Nc2nc(S(C)(=O)=O)ns2)ccc1OC(=O)c1ccc(F)cc1. The minimum atomic E-state index is -3.64. The average Bonchev–Trinajstić information content (AvgIpc) is 3.28. The van der Waals surface area contributed by atoms with Gasteiger partial charge in [0.25, 0.3) is 11.1 Å². The van der Waals surface area contributed by atoms with Crippen molar-refractivity contribution in [3.63, 3.8) is 0 Å². The zero-order chi connectivity index (χ0) is 25.6. The summed E-state index contributed by atoms with van der Waals surface area (Å²) in [7, 11) is -3.64. The number of carbonyl (C=O) groups excluding carboxylic acids is 2. The van der Waals surface area contributed by atoms with Crippen LogP contribution in [0.15, 0.2) is 53.2 Å². The molecular weight excluding hydrogens is 499 g/mol. The molecule has 0 aliphatic carbocycles. The molecule has 3 rings (SSSR count). The molecule has 0 saturated carbocycles. The molecule has 0 saturated heterocycles. The van der Waals surface area contributed by atoms with E-state index in [-0.39, 0.29) is 34.4 Å². The number of ether oxygens (including phenoxy) is 2. The molecule has 0 aliphatic rings. The highest BCUT2D eigenvalue weighted by atomic mass is 32.2. The third-order valence-corrected chi connectivity index (χ3v) is 5.78. The van der Waals surface area contributed by atoms with Crippen LogP contribution in [0.1, 0.15) is 22.8 Å². The van der Waals surface area contributed by atoms with Gasteiger partial charge in [-0.25, -0.2) is 17.6 Å².